The Kier molecular flexibility index (Phi) is 23.7. The van der Waals surface area contributed by atoms with Crippen molar-refractivity contribution in [1.82, 2.24) is 10.2 Å². The molecule has 0 unspecified atom stereocenters. The highest BCUT2D eigenvalue weighted by molar-refractivity contribution is 7.94. The highest BCUT2D eigenvalue weighted by Crippen LogP contribution is 2.09. The number of nitrogens with one attached hydrogen (secondary N) is 1. The molecule has 2 atom stereocenters. The van der Waals surface area contributed by atoms with Crippen molar-refractivity contribution >= 4 is 27.8 Å². The fourth-order valence-electron chi connectivity index (χ4n) is 3.18. The number of carbonyl (C=O) groups is 3. The van der Waals surface area contributed by atoms with E-state index in [9.17, 15) is 18.0 Å². The van der Waals surface area contributed by atoms with Crippen LogP contribution in [0.4, 0.5) is 4.79 Å². The number of carbonyl (C=O) groups excluding carboxylic acids is 1. The van der Waals surface area contributed by atoms with Gasteiger partial charge in [-0.1, -0.05) is 69.0 Å². The molecule has 2 aromatic rings. The number of hydrogen-bond acceptors (Lipinski definition) is 9. The second-order valence-corrected chi connectivity index (χ2v) is 11.9. The van der Waals surface area contributed by atoms with Crippen LogP contribution in [0.2, 0.25) is 0 Å². The van der Waals surface area contributed by atoms with E-state index in [0.29, 0.717) is 25.2 Å². The number of hydrogen-bond donors (Lipinski definition) is 7. The van der Waals surface area contributed by atoms with Crippen molar-refractivity contribution < 1.29 is 33.0 Å². The number of primary amides is 2. The van der Waals surface area contributed by atoms with Gasteiger partial charge < -0.3 is 43.4 Å². The van der Waals surface area contributed by atoms with E-state index in [1.54, 1.807) is 18.2 Å². The van der Waals surface area contributed by atoms with E-state index >= 15 is 0 Å². The lowest BCUT2D eigenvalue weighted by Gasteiger charge is -2.21. The number of urea groups is 1. The van der Waals surface area contributed by atoms with Crippen LogP contribution < -0.4 is 28.3 Å². The van der Waals surface area contributed by atoms with Crippen LogP contribution in [-0.2, 0) is 25.8 Å². The van der Waals surface area contributed by atoms with Crippen molar-refractivity contribution in [3.8, 4) is 0 Å². The van der Waals surface area contributed by atoms with E-state index in [2.05, 4.69) is 35.3 Å². The predicted molar refractivity (Wildman–Crippen MR) is 173 cm³/mol. The summed E-state index contributed by atoms with van der Waals surface area (Å²) in [5.74, 6) is -1.49. The second-order valence-electron chi connectivity index (χ2n) is 10.0. The van der Waals surface area contributed by atoms with Crippen LogP contribution in [0.25, 0.3) is 0 Å². The minimum Gasteiger partial charge on any atom is -0.480 e. The molecular formula is C30H50N6O7S. The quantitative estimate of drug-likeness (QED) is 0.208. The summed E-state index contributed by atoms with van der Waals surface area (Å²) in [5, 5.41) is 21.1. The van der Waals surface area contributed by atoms with Gasteiger partial charge in [0.15, 0.2) is 9.84 Å². The van der Waals surface area contributed by atoms with Gasteiger partial charge in [0.05, 0.1) is 4.90 Å². The van der Waals surface area contributed by atoms with Crippen molar-refractivity contribution in [2.45, 2.75) is 50.1 Å². The highest BCUT2D eigenvalue weighted by Gasteiger charge is 2.12. The van der Waals surface area contributed by atoms with E-state index in [1.807, 2.05) is 44.2 Å². The van der Waals surface area contributed by atoms with Crippen LogP contribution in [0, 0.1) is 5.92 Å². The van der Waals surface area contributed by atoms with Crippen molar-refractivity contribution in [2.24, 2.45) is 28.9 Å². The number of rotatable bonds is 9. The van der Waals surface area contributed by atoms with Crippen molar-refractivity contribution in [1.29, 1.82) is 0 Å². The minimum atomic E-state index is -3.23. The monoisotopic (exact) mass is 638 g/mol. The van der Waals surface area contributed by atoms with Crippen LogP contribution in [0.15, 0.2) is 77.5 Å². The summed E-state index contributed by atoms with van der Waals surface area (Å²) in [4.78, 5) is 32.1. The maximum atomic E-state index is 11.1. The van der Waals surface area contributed by atoms with Gasteiger partial charge in [0.1, 0.15) is 12.1 Å². The number of likely N-dealkylation sites (N-methyl/N-ethyl adjacent to an activating group) is 1. The number of amides is 2. The number of nitrogens with two attached hydrogens (primary N) is 4. The molecule has 3 rings (SSSR count). The molecule has 13 nitrogen and oxygen atoms in total. The topological polar surface area (TPSA) is 245 Å². The van der Waals surface area contributed by atoms with E-state index in [1.165, 1.54) is 25.2 Å². The Balaban J connectivity index is 0. The fraction of sp³-hybridized carbons (Fsp3) is 0.433. The first-order valence-electron chi connectivity index (χ1n) is 13.9. The zero-order chi connectivity index (χ0) is 34.1. The van der Waals surface area contributed by atoms with Gasteiger partial charge in [-0.2, -0.15) is 0 Å². The van der Waals surface area contributed by atoms with Crippen LogP contribution >= 0.6 is 0 Å². The van der Waals surface area contributed by atoms with Crippen LogP contribution in [0.1, 0.15) is 32.3 Å². The summed E-state index contributed by atoms with van der Waals surface area (Å²) in [5.41, 5.74) is 20.2. The third-order valence-corrected chi connectivity index (χ3v) is 6.95. The Morgan fingerprint density at radius 1 is 0.909 bits per heavy atom. The van der Waals surface area contributed by atoms with E-state index in [4.69, 9.17) is 26.5 Å². The lowest BCUT2D eigenvalue weighted by molar-refractivity contribution is -0.139. The average Bonchev–Trinajstić information content (AvgIpc) is 2.97. The number of aryl methyl sites for hydroxylation is 1. The zero-order valence-electron chi connectivity index (χ0n) is 25.8. The zero-order valence-corrected chi connectivity index (χ0v) is 26.7. The predicted octanol–water partition coefficient (Wildman–Crippen LogP) is 1.62. The molecule has 1 aliphatic rings. The second kappa shape index (κ2) is 24.6. The molecule has 0 bridgehead atoms. The van der Waals surface area contributed by atoms with Crippen molar-refractivity contribution in [3.05, 3.63) is 78.2 Å². The third-order valence-electron chi connectivity index (χ3n) is 5.58. The Labute approximate surface area is 261 Å². The first-order chi connectivity index (χ1) is 20.5. The molecule has 44 heavy (non-hydrogen) atoms. The molecular weight excluding hydrogens is 588 g/mol. The average molecular weight is 639 g/mol. The Morgan fingerprint density at radius 3 is 1.66 bits per heavy atom. The van der Waals surface area contributed by atoms with Gasteiger partial charge in [0, 0.05) is 31.6 Å². The Hall–Kier alpha value is -3.82. The number of sulfone groups is 1. The summed E-state index contributed by atoms with van der Waals surface area (Å²) in [6.45, 7) is 11.9. The number of nitrogens with zero attached hydrogens (tertiary/aromatic N) is 1. The smallest absolute Gasteiger partial charge is 0.320 e. The number of carboxylic acids is 2. The minimum absolute atomic E-state index is 0.287. The molecule has 0 saturated carbocycles. The number of benzene rings is 2. The maximum Gasteiger partial charge on any atom is 0.320 e. The van der Waals surface area contributed by atoms with Gasteiger partial charge in [-0.25, -0.2) is 13.2 Å². The molecule has 0 aromatic heterocycles. The normalized spacial score (nSPS) is 13.8. The molecule has 1 fully saturated rings. The molecule has 0 spiro atoms. The summed E-state index contributed by atoms with van der Waals surface area (Å²) in [6, 6.07) is 15.7. The molecule has 14 heteroatoms. The van der Waals surface area contributed by atoms with Crippen molar-refractivity contribution in [3.63, 3.8) is 0 Å². The van der Waals surface area contributed by atoms with Gasteiger partial charge in [-0.15, -0.1) is 0 Å². The molecule has 1 aliphatic heterocycles. The van der Waals surface area contributed by atoms with Crippen LogP contribution in [-0.4, -0.2) is 86.8 Å². The standard InChI is InChI=1S/C10H13NO2.C8H8O2S.C6H13NO2.C5H12N2.CH4N2O/c11-9(10(12)13)7-6-8-4-2-1-3-5-8;1-2-11(9,10)8-6-4-3-5-7-8;1-4(2)3-5(7)6(8)9;1-7-4-2-6-3-5-7;2-1(3)4/h1-5,9H,6-7,11H2,(H,12,13);2-7H,1H2;4-5H,3,7H2,1-2H3,(H,8,9);6H,2-5H2,1H3;(H4,2,3,4)/t9-;;5-;;/m0.0../s1. The van der Waals surface area contributed by atoms with Gasteiger partial charge >= 0.3 is 18.0 Å². The highest BCUT2D eigenvalue weighted by atomic mass is 32.2. The largest absolute Gasteiger partial charge is 0.480 e. The van der Waals surface area contributed by atoms with Crippen molar-refractivity contribution in [2.75, 3.05) is 33.2 Å². The van der Waals surface area contributed by atoms with Gasteiger partial charge in [-0.3, -0.25) is 9.59 Å². The number of carboxylic acid groups (broad SMARTS) is 2. The summed E-state index contributed by atoms with van der Waals surface area (Å²) in [6.07, 6.45) is 1.75. The summed E-state index contributed by atoms with van der Waals surface area (Å²) < 4.78 is 22.2. The number of piperazine rings is 1. The molecule has 11 N–H and O–H groups in total. The van der Waals surface area contributed by atoms with E-state index < -0.39 is 39.9 Å². The molecule has 1 saturated heterocycles. The molecule has 0 aliphatic carbocycles. The third kappa shape index (κ3) is 24.7. The van der Waals surface area contributed by atoms with Crippen LogP contribution in [0.5, 0.6) is 0 Å². The van der Waals surface area contributed by atoms with Crippen LogP contribution in [0.3, 0.4) is 0 Å². The lowest BCUT2D eigenvalue weighted by atomic mass is 10.1. The van der Waals surface area contributed by atoms with Gasteiger partial charge in [0.2, 0.25) is 0 Å². The maximum absolute atomic E-state index is 11.1. The fourth-order valence-corrected chi connectivity index (χ4v) is 3.91. The van der Waals surface area contributed by atoms with E-state index in [0.717, 1.165) is 24.1 Å². The first kappa shape index (κ1) is 42.3. The number of aliphatic carboxylic acids is 2. The summed E-state index contributed by atoms with van der Waals surface area (Å²) >= 11 is 0. The lowest BCUT2D eigenvalue weighted by Crippen LogP contribution is -2.40. The summed E-state index contributed by atoms with van der Waals surface area (Å²) in [7, 11) is -1.08. The first-order valence-corrected chi connectivity index (χ1v) is 15.4. The molecule has 2 amide bonds. The molecule has 2 aromatic carbocycles. The molecule has 1 heterocycles. The van der Waals surface area contributed by atoms with Gasteiger partial charge in [-0.05, 0) is 49.9 Å². The molecule has 248 valence electrons. The molecule has 0 radical (unpaired) electrons. The Morgan fingerprint density at radius 2 is 1.34 bits per heavy atom. The SMILES string of the molecule is C=CS(=O)(=O)c1ccccc1.CC(C)C[C@H](N)C(=O)O.CN1CCNCC1.NC(N)=O.N[C@@H](CCc1ccccc1)C(=O)O. The van der Waals surface area contributed by atoms with Gasteiger partial charge in [0.25, 0.3) is 0 Å². The Bertz CT molecular complexity index is 1170. The van der Waals surface area contributed by atoms with E-state index in [-0.39, 0.29) is 4.90 Å².